The molecule has 0 N–H and O–H groups in total. The van der Waals surface area contributed by atoms with E-state index in [1.165, 1.54) is 12.1 Å². The van der Waals surface area contributed by atoms with Gasteiger partial charge >= 0.3 is 6.18 Å². The van der Waals surface area contributed by atoms with E-state index in [-0.39, 0.29) is 17.9 Å². The van der Waals surface area contributed by atoms with Crippen molar-refractivity contribution in [3.63, 3.8) is 0 Å². The van der Waals surface area contributed by atoms with Gasteiger partial charge in [-0.1, -0.05) is 46.2 Å². The Morgan fingerprint density at radius 2 is 1.68 bits per heavy atom. The predicted molar refractivity (Wildman–Crippen MR) is 94.2 cm³/mol. The van der Waals surface area contributed by atoms with Crippen molar-refractivity contribution in [1.82, 2.24) is 15.3 Å². The van der Waals surface area contributed by atoms with E-state index >= 15 is 0 Å². The Kier molecular flexibility index (Phi) is 4.46. The molecule has 142 valence electrons. The molecule has 4 aromatic rings. The topological polar surface area (TPSA) is 65.0 Å². The summed E-state index contributed by atoms with van der Waals surface area (Å²) in [6.45, 7) is 2.00. The number of benzene rings is 2. The molecule has 2 aromatic heterocycles. The summed E-state index contributed by atoms with van der Waals surface area (Å²) in [6, 6.07) is 14.3. The average molecular weight is 385 g/mol. The van der Waals surface area contributed by atoms with Crippen molar-refractivity contribution in [3.8, 4) is 22.7 Å². The largest absolute Gasteiger partial charge is 0.416 e. The maximum Gasteiger partial charge on any atom is 0.416 e. The SMILES string of the molecule is Cc1ccc(-c2cc(Cc3noc(-c4cccc(C(F)(F)F)c4)n3)on2)cc1. The zero-order valence-corrected chi connectivity index (χ0v) is 14.7. The van der Waals surface area contributed by atoms with Crippen LogP contribution in [0.2, 0.25) is 0 Å². The van der Waals surface area contributed by atoms with Gasteiger partial charge in [0.15, 0.2) is 5.82 Å². The number of aryl methyl sites for hydroxylation is 1. The first-order valence-corrected chi connectivity index (χ1v) is 8.41. The second kappa shape index (κ2) is 6.95. The average Bonchev–Trinajstić information content (AvgIpc) is 3.32. The number of rotatable bonds is 4. The Labute approximate surface area is 157 Å². The van der Waals surface area contributed by atoms with E-state index in [9.17, 15) is 13.2 Å². The van der Waals surface area contributed by atoms with E-state index < -0.39 is 11.7 Å². The maximum atomic E-state index is 12.9. The highest BCUT2D eigenvalue weighted by atomic mass is 19.4. The fourth-order valence-electron chi connectivity index (χ4n) is 2.68. The number of nitrogens with zero attached hydrogens (tertiary/aromatic N) is 3. The molecule has 28 heavy (non-hydrogen) atoms. The summed E-state index contributed by atoms with van der Waals surface area (Å²) >= 11 is 0. The third-order valence-corrected chi connectivity index (χ3v) is 4.14. The third kappa shape index (κ3) is 3.80. The Morgan fingerprint density at radius 3 is 2.43 bits per heavy atom. The summed E-state index contributed by atoms with van der Waals surface area (Å²) in [6.07, 6.45) is -4.23. The summed E-state index contributed by atoms with van der Waals surface area (Å²) in [4.78, 5) is 4.16. The van der Waals surface area contributed by atoms with Gasteiger partial charge in [0.1, 0.15) is 11.5 Å². The van der Waals surface area contributed by atoms with E-state index in [0.717, 1.165) is 23.3 Å². The van der Waals surface area contributed by atoms with Crippen LogP contribution < -0.4 is 0 Å². The van der Waals surface area contributed by atoms with Crippen molar-refractivity contribution in [2.75, 3.05) is 0 Å². The molecule has 0 bridgehead atoms. The summed E-state index contributed by atoms with van der Waals surface area (Å²) in [5, 5.41) is 7.85. The van der Waals surface area contributed by atoms with E-state index in [4.69, 9.17) is 9.05 Å². The molecule has 8 heteroatoms. The lowest BCUT2D eigenvalue weighted by atomic mass is 10.1. The van der Waals surface area contributed by atoms with Crippen LogP contribution >= 0.6 is 0 Å². The van der Waals surface area contributed by atoms with Gasteiger partial charge in [-0.3, -0.25) is 0 Å². The van der Waals surface area contributed by atoms with Crippen molar-refractivity contribution in [2.24, 2.45) is 0 Å². The van der Waals surface area contributed by atoms with Crippen molar-refractivity contribution in [3.05, 3.63) is 77.3 Å². The Balaban J connectivity index is 1.52. The summed E-state index contributed by atoms with van der Waals surface area (Å²) in [5.74, 6) is 0.824. The van der Waals surface area contributed by atoms with Crippen LogP contribution in [-0.2, 0) is 12.6 Å². The standard InChI is InChI=1S/C20H14F3N3O2/c1-12-5-7-13(8-6-12)17-10-16(27-25-17)11-18-24-19(28-26-18)14-3-2-4-15(9-14)20(21,22)23/h2-10H,11H2,1H3. The molecule has 0 saturated carbocycles. The number of alkyl halides is 3. The van der Waals surface area contributed by atoms with Crippen LogP contribution in [0.4, 0.5) is 13.2 Å². The monoisotopic (exact) mass is 385 g/mol. The molecule has 0 amide bonds. The van der Waals surface area contributed by atoms with Gasteiger partial charge in [-0.05, 0) is 25.1 Å². The van der Waals surface area contributed by atoms with E-state index in [1.54, 1.807) is 6.07 Å². The first kappa shape index (κ1) is 18.0. The second-order valence-electron chi connectivity index (χ2n) is 6.32. The smallest absolute Gasteiger partial charge is 0.360 e. The van der Waals surface area contributed by atoms with Gasteiger partial charge in [0.25, 0.3) is 5.89 Å². The van der Waals surface area contributed by atoms with Gasteiger partial charge in [-0.15, -0.1) is 0 Å². The quantitative estimate of drug-likeness (QED) is 0.476. The highest BCUT2D eigenvalue weighted by Gasteiger charge is 2.30. The molecule has 0 aliphatic carbocycles. The molecular formula is C20H14F3N3O2. The number of hydrogen-bond donors (Lipinski definition) is 0. The van der Waals surface area contributed by atoms with Gasteiger partial charge in [0.05, 0.1) is 12.0 Å². The molecule has 0 fully saturated rings. The summed E-state index contributed by atoms with van der Waals surface area (Å²) in [5.41, 5.74) is 2.16. The molecule has 2 aromatic carbocycles. The zero-order chi connectivity index (χ0) is 19.7. The van der Waals surface area contributed by atoms with Crippen LogP contribution in [0.25, 0.3) is 22.7 Å². The lowest BCUT2D eigenvalue weighted by Gasteiger charge is -2.06. The van der Waals surface area contributed by atoms with Gasteiger partial charge < -0.3 is 9.05 Å². The fourth-order valence-corrected chi connectivity index (χ4v) is 2.68. The van der Waals surface area contributed by atoms with Crippen LogP contribution in [0.15, 0.2) is 63.6 Å². The van der Waals surface area contributed by atoms with E-state index in [0.29, 0.717) is 17.3 Å². The van der Waals surface area contributed by atoms with Crippen LogP contribution in [0.5, 0.6) is 0 Å². The molecule has 5 nitrogen and oxygen atoms in total. The molecule has 0 aliphatic heterocycles. The molecule has 0 radical (unpaired) electrons. The number of aromatic nitrogens is 3. The summed E-state index contributed by atoms with van der Waals surface area (Å²) in [7, 11) is 0. The number of hydrogen-bond acceptors (Lipinski definition) is 5. The maximum absolute atomic E-state index is 12.9. The van der Waals surface area contributed by atoms with Gasteiger partial charge in [-0.25, -0.2) is 0 Å². The molecule has 0 unspecified atom stereocenters. The molecule has 0 aliphatic rings. The van der Waals surface area contributed by atoms with E-state index in [1.807, 2.05) is 31.2 Å². The van der Waals surface area contributed by atoms with Gasteiger partial charge in [-0.2, -0.15) is 18.2 Å². The second-order valence-corrected chi connectivity index (χ2v) is 6.32. The Hall–Kier alpha value is -3.42. The van der Waals surface area contributed by atoms with Gasteiger partial charge in [0.2, 0.25) is 0 Å². The Bertz CT molecular complexity index is 1100. The minimum absolute atomic E-state index is 0.0133. The lowest BCUT2D eigenvalue weighted by Crippen LogP contribution is -2.04. The van der Waals surface area contributed by atoms with Crippen molar-refractivity contribution >= 4 is 0 Å². The minimum atomic E-state index is -4.44. The normalized spacial score (nSPS) is 11.7. The highest BCUT2D eigenvalue weighted by Crippen LogP contribution is 2.31. The zero-order valence-electron chi connectivity index (χ0n) is 14.7. The highest BCUT2D eigenvalue weighted by molar-refractivity contribution is 5.59. The minimum Gasteiger partial charge on any atom is -0.360 e. The Morgan fingerprint density at radius 1 is 0.893 bits per heavy atom. The lowest BCUT2D eigenvalue weighted by molar-refractivity contribution is -0.137. The van der Waals surface area contributed by atoms with Crippen molar-refractivity contribution < 1.29 is 22.2 Å². The molecule has 0 saturated heterocycles. The first-order chi connectivity index (χ1) is 13.4. The van der Waals surface area contributed by atoms with Crippen molar-refractivity contribution in [2.45, 2.75) is 19.5 Å². The molecule has 0 atom stereocenters. The van der Waals surface area contributed by atoms with Crippen LogP contribution in [0, 0.1) is 6.92 Å². The van der Waals surface area contributed by atoms with Crippen molar-refractivity contribution in [1.29, 1.82) is 0 Å². The predicted octanol–water partition coefficient (Wildman–Crippen LogP) is 5.31. The molecule has 2 heterocycles. The molecule has 4 rings (SSSR count). The fraction of sp³-hybridized carbons (Fsp3) is 0.150. The molecule has 0 spiro atoms. The van der Waals surface area contributed by atoms with Gasteiger partial charge in [0, 0.05) is 17.2 Å². The van der Waals surface area contributed by atoms with Crippen LogP contribution in [0.3, 0.4) is 0 Å². The first-order valence-electron chi connectivity index (χ1n) is 8.41. The number of halogens is 3. The van der Waals surface area contributed by atoms with Crippen LogP contribution in [0.1, 0.15) is 22.7 Å². The summed E-state index contributed by atoms with van der Waals surface area (Å²) < 4.78 is 49.0. The molecular weight excluding hydrogens is 371 g/mol. The van der Waals surface area contributed by atoms with Crippen LogP contribution in [-0.4, -0.2) is 15.3 Å². The third-order valence-electron chi connectivity index (χ3n) is 4.14. The van der Waals surface area contributed by atoms with E-state index in [2.05, 4.69) is 15.3 Å².